The first-order valence-electron chi connectivity index (χ1n) is 5.68. The number of hydrogen-bond acceptors (Lipinski definition) is 5. The molecule has 1 rings (SSSR count). The van der Waals surface area contributed by atoms with Crippen molar-refractivity contribution >= 4 is 25.8 Å². The minimum atomic E-state index is -3.85. The molecular formula is C12H15BrFN3O2S. The summed E-state index contributed by atoms with van der Waals surface area (Å²) in [6, 6.07) is 4.26. The predicted molar refractivity (Wildman–Crippen MR) is 76.9 cm³/mol. The number of pyridine rings is 1. The summed E-state index contributed by atoms with van der Waals surface area (Å²) in [5.41, 5.74) is 4.23. The van der Waals surface area contributed by atoms with Crippen molar-refractivity contribution in [2.75, 3.05) is 5.75 Å². The molecule has 0 saturated heterocycles. The van der Waals surface area contributed by atoms with E-state index in [2.05, 4.69) is 20.9 Å². The molecule has 0 aliphatic carbocycles. The molecule has 0 bridgehead atoms. The Kier molecular flexibility index (Phi) is 4.58. The minimum Gasteiger partial charge on any atom is -0.319 e. The molecule has 5 nitrogen and oxygen atoms in total. The summed E-state index contributed by atoms with van der Waals surface area (Å²) in [5.74, 6) is -1.27. The highest BCUT2D eigenvalue weighted by Crippen LogP contribution is 2.27. The maximum Gasteiger partial charge on any atom is 0.170 e. The first-order valence-corrected chi connectivity index (χ1v) is 8.12. The smallest absolute Gasteiger partial charge is 0.170 e. The zero-order chi connectivity index (χ0) is 15.8. The lowest BCUT2D eigenvalue weighted by Gasteiger charge is -2.27. The van der Waals surface area contributed by atoms with Gasteiger partial charge < -0.3 is 5.73 Å². The standard InChI is InChI=1S/C12H15BrFN3O2S/c1-11(2,6-15)20(18,19)7-12(3,16)10-8(14)4-5-9(13)17-10/h4-5H,7,16H2,1-3H3/t12-/m0/s1. The van der Waals surface area contributed by atoms with E-state index >= 15 is 0 Å². The fourth-order valence-corrected chi connectivity index (χ4v) is 3.27. The van der Waals surface area contributed by atoms with Gasteiger partial charge in [0.2, 0.25) is 0 Å². The molecule has 0 unspecified atom stereocenters. The fourth-order valence-electron chi connectivity index (χ4n) is 1.53. The fraction of sp³-hybridized carbons (Fsp3) is 0.500. The van der Waals surface area contributed by atoms with Gasteiger partial charge in [-0.3, -0.25) is 0 Å². The van der Waals surface area contributed by atoms with Crippen LogP contribution >= 0.6 is 15.9 Å². The van der Waals surface area contributed by atoms with Crippen LogP contribution < -0.4 is 5.73 Å². The van der Waals surface area contributed by atoms with Crippen molar-refractivity contribution in [2.24, 2.45) is 5.73 Å². The monoisotopic (exact) mass is 363 g/mol. The normalized spacial score (nSPS) is 15.4. The molecule has 0 aromatic carbocycles. The van der Waals surface area contributed by atoms with E-state index in [-0.39, 0.29) is 5.69 Å². The summed E-state index contributed by atoms with van der Waals surface area (Å²) in [7, 11) is -3.85. The van der Waals surface area contributed by atoms with Crippen molar-refractivity contribution in [1.29, 1.82) is 5.26 Å². The van der Waals surface area contributed by atoms with Crippen LogP contribution in [0.5, 0.6) is 0 Å². The van der Waals surface area contributed by atoms with E-state index in [0.717, 1.165) is 6.07 Å². The lowest BCUT2D eigenvalue weighted by Crippen LogP contribution is -2.47. The van der Waals surface area contributed by atoms with Crippen LogP contribution in [-0.2, 0) is 15.4 Å². The van der Waals surface area contributed by atoms with Gasteiger partial charge in [-0.1, -0.05) is 0 Å². The molecule has 0 amide bonds. The number of aromatic nitrogens is 1. The third kappa shape index (κ3) is 3.34. The van der Waals surface area contributed by atoms with Gasteiger partial charge in [-0.25, -0.2) is 17.8 Å². The molecular weight excluding hydrogens is 349 g/mol. The molecule has 8 heteroatoms. The van der Waals surface area contributed by atoms with E-state index in [1.54, 1.807) is 6.07 Å². The topological polar surface area (TPSA) is 96.8 Å². The van der Waals surface area contributed by atoms with Crippen LogP contribution in [0.15, 0.2) is 16.7 Å². The molecule has 0 radical (unpaired) electrons. The van der Waals surface area contributed by atoms with Crippen molar-refractivity contribution in [1.82, 2.24) is 4.98 Å². The molecule has 110 valence electrons. The van der Waals surface area contributed by atoms with Gasteiger partial charge in [-0.05, 0) is 48.8 Å². The molecule has 2 N–H and O–H groups in total. The second-order valence-corrected chi connectivity index (χ2v) is 8.61. The van der Waals surface area contributed by atoms with Crippen LogP contribution in [0.4, 0.5) is 4.39 Å². The highest BCUT2D eigenvalue weighted by molar-refractivity contribution is 9.10. The van der Waals surface area contributed by atoms with Crippen molar-refractivity contribution < 1.29 is 12.8 Å². The average Bonchev–Trinajstić information content (AvgIpc) is 2.30. The highest BCUT2D eigenvalue weighted by Gasteiger charge is 2.41. The highest BCUT2D eigenvalue weighted by atomic mass is 79.9. The van der Waals surface area contributed by atoms with E-state index in [1.807, 2.05) is 0 Å². The summed E-state index contributed by atoms with van der Waals surface area (Å²) in [6.07, 6.45) is 0. The number of nitriles is 1. The van der Waals surface area contributed by atoms with E-state index in [0.29, 0.717) is 4.60 Å². The Morgan fingerprint density at radius 2 is 2.00 bits per heavy atom. The number of nitrogens with zero attached hydrogens (tertiary/aromatic N) is 2. The summed E-state index contributed by atoms with van der Waals surface area (Å²) in [4.78, 5) is 3.91. The minimum absolute atomic E-state index is 0.163. The van der Waals surface area contributed by atoms with Gasteiger partial charge >= 0.3 is 0 Å². The summed E-state index contributed by atoms with van der Waals surface area (Å²) in [6.45, 7) is 3.93. The second-order valence-electron chi connectivity index (χ2n) is 5.26. The summed E-state index contributed by atoms with van der Waals surface area (Å²) >= 11 is 3.09. The Morgan fingerprint density at radius 3 is 2.50 bits per heavy atom. The predicted octanol–water partition coefficient (Wildman–Crippen LogP) is 1.87. The Balaban J connectivity index is 3.26. The van der Waals surface area contributed by atoms with Crippen LogP contribution in [0.1, 0.15) is 26.5 Å². The lowest BCUT2D eigenvalue weighted by molar-refractivity contribution is 0.470. The number of sulfone groups is 1. The average molecular weight is 364 g/mol. The van der Waals surface area contributed by atoms with Crippen molar-refractivity contribution in [3.8, 4) is 6.07 Å². The molecule has 1 atom stereocenters. The number of nitrogens with two attached hydrogens (primary N) is 1. The molecule has 0 fully saturated rings. The van der Waals surface area contributed by atoms with Crippen molar-refractivity contribution in [3.05, 3.63) is 28.2 Å². The van der Waals surface area contributed by atoms with Gasteiger partial charge in [0.1, 0.15) is 10.4 Å². The van der Waals surface area contributed by atoms with E-state index in [1.165, 1.54) is 26.8 Å². The van der Waals surface area contributed by atoms with Crippen LogP contribution in [0.25, 0.3) is 0 Å². The third-order valence-corrected chi connectivity index (χ3v) is 5.96. The van der Waals surface area contributed by atoms with Crippen molar-refractivity contribution in [3.63, 3.8) is 0 Å². The third-order valence-electron chi connectivity index (χ3n) is 2.89. The SMILES string of the molecule is CC(C)(C#N)S(=O)(=O)C[C@](C)(N)c1nc(Br)ccc1F. The second kappa shape index (κ2) is 5.39. The van der Waals surface area contributed by atoms with Gasteiger partial charge in [0.05, 0.1) is 23.1 Å². The summed E-state index contributed by atoms with van der Waals surface area (Å²) in [5, 5.41) is 8.93. The summed E-state index contributed by atoms with van der Waals surface area (Å²) < 4.78 is 37.0. The van der Waals surface area contributed by atoms with Crippen LogP contribution in [0.3, 0.4) is 0 Å². The number of rotatable bonds is 4. The van der Waals surface area contributed by atoms with E-state index in [4.69, 9.17) is 11.0 Å². The first-order chi connectivity index (χ1) is 8.93. The zero-order valence-corrected chi connectivity index (χ0v) is 13.7. The van der Waals surface area contributed by atoms with Crippen LogP contribution in [0.2, 0.25) is 0 Å². The van der Waals surface area contributed by atoms with E-state index in [9.17, 15) is 12.8 Å². The lowest BCUT2D eigenvalue weighted by atomic mass is 10.0. The Morgan fingerprint density at radius 1 is 1.45 bits per heavy atom. The van der Waals surface area contributed by atoms with Gasteiger partial charge in [0.15, 0.2) is 14.6 Å². The maximum absolute atomic E-state index is 13.8. The number of halogens is 2. The Bertz CT molecular complexity index is 666. The van der Waals surface area contributed by atoms with Gasteiger partial charge in [-0.15, -0.1) is 0 Å². The molecule has 1 aromatic rings. The first kappa shape index (κ1) is 17.0. The van der Waals surface area contributed by atoms with Crippen LogP contribution in [-0.4, -0.2) is 23.9 Å². The molecule has 0 spiro atoms. The van der Waals surface area contributed by atoms with Gasteiger partial charge in [0, 0.05) is 0 Å². The largest absolute Gasteiger partial charge is 0.319 e. The Hall–Kier alpha value is -1.04. The molecule has 1 heterocycles. The van der Waals surface area contributed by atoms with Crippen LogP contribution in [0, 0.1) is 17.1 Å². The van der Waals surface area contributed by atoms with Gasteiger partial charge in [-0.2, -0.15) is 5.26 Å². The number of hydrogen-bond donors (Lipinski definition) is 1. The van der Waals surface area contributed by atoms with E-state index < -0.39 is 31.7 Å². The molecule has 0 saturated carbocycles. The zero-order valence-electron chi connectivity index (χ0n) is 11.3. The Labute approximate surface area is 126 Å². The molecule has 20 heavy (non-hydrogen) atoms. The van der Waals surface area contributed by atoms with Gasteiger partial charge in [0.25, 0.3) is 0 Å². The molecule has 0 aliphatic heterocycles. The quantitative estimate of drug-likeness (QED) is 0.823. The molecule has 0 aliphatic rings. The molecule has 1 aromatic heterocycles. The maximum atomic E-state index is 13.8. The van der Waals surface area contributed by atoms with Crippen molar-refractivity contribution in [2.45, 2.75) is 31.1 Å².